The number of carbonyl (C=O) groups is 3. The van der Waals surface area contributed by atoms with Crippen LogP contribution < -0.4 is 9.80 Å². The fraction of sp³-hybridized carbons (Fsp3) is 0.286. The molecule has 1 unspecified atom stereocenters. The standard InChI is InChI=1S/C28H22F5N5O3/c1-17-34-22(15-35(17)16-28(31,32)33)36-10-11-37-26(41)38(23(39)14-27(37,2)25(36)40)24-20(29)12-19(13-21(24)30)9-8-18-6-4-3-5-7-18/h3-7,12-13,15H,10-11,14,16H2,1-2H3. The van der Waals surface area contributed by atoms with Crippen LogP contribution >= 0.6 is 0 Å². The zero-order valence-corrected chi connectivity index (χ0v) is 21.8. The maximum Gasteiger partial charge on any atom is 0.406 e. The lowest BCUT2D eigenvalue weighted by molar-refractivity contribution is -0.141. The van der Waals surface area contributed by atoms with Crippen molar-refractivity contribution in [2.24, 2.45) is 0 Å². The van der Waals surface area contributed by atoms with Gasteiger partial charge in [0.25, 0.3) is 5.91 Å². The average molecular weight is 572 g/mol. The Morgan fingerprint density at radius 3 is 2.24 bits per heavy atom. The first-order chi connectivity index (χ1) is 19.3. The zero-order chi connectivity index (χ0) is 29.7. The molecular weight excluding hydrogens is 549 g/mol. The fourth-order valence-corrected chi connectivity index (χ4v) is 4.96. The molecule has 13 heteroatoms. The van der Waals surface area contributed by atoms with Crippen LogP contribution in [0.15, 0.2) is 48.7 Å². The van der Waals surface area contributed by atoms with Crippen LogP contribution in [0.3, 0.4) is 0 Å². The number of rotatable bonds is 3. The van der Waals surface area contributed by atoms with Crippen LogP contribution in [-0.2, 0) is 16.1 Å². The number of fused-ring (bicyclic) bond motifs is 1. The number of anilines is 2. The molecule has 5 rings (SSSR count). The maximum atomic E-state index is 15.2. The van der Waals surface area contributed by atoms with Gasteiger partial charge in [-0.3, -0.25) is 14.5 Å². The van der Waals surface area contributed by atoms with Gasteiger partial charge in [0.05, 0.1) is 6.42 Å². The third-order valence-corrected chi connectivity index (χ3v) is 6.97. The number of aromatic nitrogens is 2. The van der Waals surface area contributed by atoms with Crippen LogP contribution in [0.2, 0.25) is 0 Å². The van der Waals surface area contributed by atoms with Crippen molar-refractivity contribution in [2.45, 2.75) is 38.5 Å². The van der Waals surface area contributed by atoms with Gasteiger partial charge in [-0.25, -0.2) is 23.5 Å². The monoisotopic (exact) mass is 571 g/mol. The summed E-state index contributed by atoms with van der Waals surface area (Å²) in [5, 5.41) is 0. The molecule has 0 spiro atoms. The highest BCUT2D eigenvalue weighted by Crippen LogP contribution is 2.38. The van der Waals surface area contributed by atoms with Crippen LogP contribution in [0.4, 0.5) is 38.3 Å². The summed E-state index contributed by atoms with van der Waals surface area (Å²) in [5.74, 6) is 1.20. The molecule has 212 valence electrons. The van der Waals surface area contributed by atoms with E-state index in [1.165, 1.54) is 13.8 Å². The van der Waals surface area contributed by atoms with Gasteiger partial charge in [0.2, 0.25) is 5.91 Å². The van der Waals surface area contributed by atoms with Crippen molar-refractivity contribution in [1.29, 1.82) is 0 Å². The number of imidazole rings is 1. The molecule has 4 amide bonds. The highest BCUT2D eigenvalue weighted by molar-refractivity contribution is 6.20. The normalized spacial score (nSPS) is 19.3. The molecule has 0 bridgehead atoms. The average Bonchev–Trinajstić information content (AvgIpc) is 3.24. The van der Waals surface area contributed by atoms with E-state index in [4.69, 9.17) is 0 Å². The van der Waals surface area contributed by atoms with Gasteiger partial charge in [-0.15, -0.1) is 0 Å². The fourth-order valence-electron chi connectivity index (χ4n) is 4.96. The number of benzene rings is 2. The quantitative estimate of drug-likeness (QED) is 0.345. The van der Waals surface area contributed by atoms with E-state index in [0.717, 1.165) is 32.7 Å². The van der Waals surface area contributed by atoms with Crippen LogP contribution in [0, 0.1) is 30.4 Å². The third kappa shape index (κ3) is 5.13. The van der Waals surface area contributed by atoms with Gasteiger partial charge in [-0.1, -0.05) is 30.0 Å². The van der Waals surface area contributed by atoms with Crippen LogP contribution in [0.25, 0.3) is 0 Å². The molecule has 0 saturated carbocycles. The maximum absolute atomic E-state index is 15.2. The molecule has 41 heavy (non-hydrogen) atoms. The minimum atomic E-state index is -4.51. The van der Waals surface area contributed by atoms with E-state index in [0.29, 0.717) is 10.5 Å². The molecule has 3 heterocycles. The van der Waals surface area contributed by atoms with Gasteiger partial charge in [-0.05, 0) is 38.1 Å². The summed E-state index contributed by atoms with van der Waals surface area (Å²) in [6.45, 7) is 1.04. The number of hydrogen-bond acceptors (Lipinski definition) is 4. The second-order valence-electron chi connectivity index (χ2n) is 9.86. The minimum Gasteiger partial charge on any atom is -0.324 e. The van der Waals surface area contributed by atoms with Crippen LogP contribution in [0.1, 0.15) is 30.3 Å². The third-order valence-electron chi connectivity index (χ3n) is 6.97. The van der Waals surface area contributed by atoms with Crippen molar-refractivity contribution in [3.05, 3.63) is 77.2 Å². The molecule has 0 radical (unpaired) electrons. The van der Waals surface area contributed by atoms with E-state index >= 15 is 8.78 Å². The van der Waals surface area contributed by atoms with Crippen molar-refractivity contribution in [3.63, 3.8) is 0 Å². The van der Waals surface area contributed by atoms with Crippen molar-refractivity contribution < 1.29 is 36.3 Å². The Hall–Kier alpha value is -4.73. The molecule has 2 aromatic carbocycles. The van der Waals surface area contributed by atoms with E-state index in [9.17, 15) is 27.6 Å². The highest BCUT2D eigenvalue weighted by atomic mass is 19.4. The minimum absolute atomic E-state index is 0.0154. The Labute approximate surface area is 231 Å². The number of imide groups is 1. The molecule has 1 aromatic heterocycles. The number of amides is 4. The van der Waals surface area contributed by atoms with Crippen LogP contribution in [0.5, 0.6) is 0 Å². The zero-order valence-electron chi connectivity index (χ0n) is 21.8. The van der Waals surface area contributed by atoms with Crippen molar-refractivity contribution in [2.75, 3.05) is 22.9 Å². The van der Waals surface area contributed by atoms with Crippen molar-refractivity contribution in [1.82, 2.24) is 14.5 Å². The van der Waals surface area contributed by atoms with E-state index in [-0.39, 0.29) is 30.3 Å². The number of aryl methyl sites for hydroxylation is 1. The summed E-state index contributed by atoms with van der Waals surface area (Å²) in [6.07, 6.45) is -4.06. The summed E-state index contributed by atoms with van der Waals surface area (Å²) in [7, 11) is 0. The summed E-state index contributed by atoms with van der Waals surface area (Å²) in [5.41, 5.74) is -2.04. The van der Waals surface area contributed by atoms with Gasteiger partial charge in [-0.2, -0.15) is 13.2 Å². The van der Waals surface area contributed by atoms with E-state index in [2.05, 4.69) is 16.8 Å². The largest absolute Gasteiger partial charge is 0.406 e. The lowest BCUT2D eigenvalue weighted by atomic mass is 9.88. The lowest BCUT2D eigenvalue weighted by Gasteiger charge is -2.51. The number of nitrogens with zero attached hydrogens (tertiary/aromatic N) is 5. The first-order valence-corrected chi connectivity index (χ1v) is 12.4. The second kappa shape index (κ2) is 10.0. The van der Waals surface area contributed by atoms with Crippen molar-refractivity contribution in [3.8, 4) is 11.8 Å². The predicted molar refractivity (Wildman–Crippen MR) is 137 cm³/mol. The molecular formula is C28H22F5N5O3. The number of piperazine rings is 1. The second-order valence-corrected chi connectivity index (χ2v) is 9.86. The number of carbonyl (C=O) groups excluding carboxylic acids is 3. The number of hydrogen-bond donors (Lipinski definition) is 0. The topological polar surface area (TPSA) is 78.8 Å². The lowest BCUT2D eigenvalue weighted by Crippen LogP contribution is -2.73. The highest BCUT2D eigenvalue weighted by Gasteiger charge is 2.56. The summed E-state index contributed by atoms with van der Waals surface area (Å²) in [6, 6.07) is 9.44. The Balaban J connectivity index is 1.41. The van der Waals surface area contributed by atoms with E-state index in [1.54, 1.807) is 30.3 Å². The SMILES string of the molecule is Cc1nc(N2CCN3C(=O)N(c4c(F)cc(C#Cc5ccccc5)cc4F)C(=O)CC3(C)C2=O)cn1CC(F)(F)F. The summed E-state index contributed by atoms with van der Waals surface area (Å²) in [4.78, 5) is 46.7. The van der Waals surface area contributed by atoms with Crippen molar-refractivity contribution >= 4 is 29.4 Å². The van der Waals surface area contributed by atoms with Gasteiger partial charge in [0, 0.05) is 30.4 Å². The summed E-state index contributed by atoms with van der Waals surface area (Å²) < 4.78 is 69.9. The van der Waals surface area contributed by atoms with Gasteiger partial charge >= 0.3 is 12.2 Å². The molecule has 2 aliphatic rings. The Kier molecular flexibility index (Phi) is 6.81. The van der Waals surface area contributed by atoms with Gasteiger partial charge in [0.15, 0.2) is 17.5 Å². The van der Waals surface area contributed by atoms with Gasteiger partial charge < -0.3 is 9.47 Å². The molecule has 0 aliphatic carbocycles. The van der Waals surface area contributed by atoms with E-state index in [1.807, 2.05) is 0 Å². The molecule has 1 atom stereocenters. The predicted octanol–water partition coefficient (Wildman–Crippen LogP) is 4.40. The first-order valence-electron chi connectivity index (χ1n) is 12.4. The number of urea groups is 1. The van der Waals surface area contributed by atoms with Crippen LogP contribution in [-0.4, -0.2) is 57.1 Å². The molecule has 2 fully saturated rings. The molecule has 2 saturated heterocycles. The molecule has 2 aliphatic heterocycles. The molecule has 0 N–H and O–H groups in total. The molecule has 3 aromatic rings. The Morgan fingerprint density at radius 1 is 0.976 bits per heavy atom. The van der Waals surface area contributed by atoms with Gasteiger partial charge in [0.1, 0.15) is 23.6 Å². The number of halogens is 5. The van der Waals surface area contributed by atoms with E-state index < -0.39 is 59.8 Å². The Bertz CT molecular complexity index is 1600. The number of alkyl halides is 3. The smallest absolute Gasteiger partial charge is 0.324 e. The first kappa shape index (κ1) is 27.8. The Morgan fingerprint density at radius 2 is 1.61 bits per heavy atom. The molecule has 8 nitrogen and oxygen atoms in total. The summed E-state index contributed by atoms with van der Waals surface area (Å²) >= 11 is 0.